The van der Waals surface area contributed by atoms with E-state index in [1.807, 2.05) is 11.8 Å². The number of nitrogens with zero attached hydrogens (tertiary/aromatic N) is 4. The highest BCUT2D eigenvalue weighted by atomic mass is 16.5. The van der Waals surface area contributed by atoms with Gasteiger partial charge in [0.05, 0.1) is 12.5 Å². The van der Waals surface area contributed by atoms with Gasteiger partial charge < -0.3 is 14.5 Å². The number of likely N-dealkylation sites (N-methyl/N-ethyl adjacent to an activating group) is 1. The Kier molecular flexibility index (Phi) is 5.01. The van der Waals surface area contributed by atoms with Crippen molar-refractivity contribution in [2.24, 2.45) is 17.8 Å². The van der Waals surface area contributed by atoms with Crippen LogP contribution in [0.15, 0.2) is 0 Å². The van der Waals surface area contributed by atoms with E-state index < -0.39 is 0 Å². The second kappa shape index (κ2) is 7.27. The molecule has 0 bridgehead atoms. The number of nitrogens with one attached hydrogen (secondary N) is 1. The maximum atomic E-state index is 12.7. The number of fused-ring (bicyclic) bond motifs is 1. The van der Waals surface area contributed by atoms with Gasteiger partial charge in [-0.05, 0) is 64.5 Å². The lowest BCUT2D eigenvalue weighted by Crippen LogP contribution is -2.48. The van der Waals surface area contributed by atoms with Gasteiger partial charge in [0, 0.05) is 25.7 Å². The molecule has 1 aromatic rings. The molecule has 4 rings (SSSR count). The van der Waals surface area contributed by atoms with Crippen molar-refractivity contribution in [2.45, 2.75) is 51.2 Å². The molecule has 1 amide bonds. The minimum Gasteiger partial charge on any atom is -0.376 e. The Morgan fingerprint density at radius 2 is 2.00 bits per heavy atom. The molecule has 1 N–H and O–H groups in total. The average Bonchev–Trinajstić information content (AvgIpc) is 3.20. The fourth-order valence-electron chi connectivity index (χ4n) is 4.58. The first-order valence-electron chi connectivity index (χ1n) is 9.93. The van der Waals surface area contributed by atoms with Crippen molar-refractivity contribution in [3.05, 3.63) is 11.6 Å². The van der Waals surface area contributed by atoms with Crippen LogP contribution in [0, 0.1) is 24.7 Å². The van der Waals surface area contributed by atoms with Crippen molar-refractivity contribution >= 4 is 5.91 Å². The van der Waals surface area contributed by atoms with Gasteiger partial charge in [0.25, 0.3) is 0 Å². The third kappa shape index (κ3) is 3.93. The lowest BCUT2D eigenvalue weighted by Gasteiger charge is -2.41. The molecule has 1 saturated heterocycles. The average molecular weight is 361 g/mol. The number of carbonyl (C=O) groups is 1. The van der Waals surface area contributed by atoms with E-state index in [1.165, 1.54) is 12.8 Å². The summed E-state index contributed by atoms with van der Waals surface area (Å²) in [7, 11) is 4.31. The summed E-state index contributed by atoms with van der Waals surface area (Å²) in [6.45, 7) is 4.50. The van der Waals surface area contributed by atoms with E-state index in [-0.39, 0.29) is 5.91 Å². The van der Waals surface area contributed by atoms with Crippen LogP contribution in [0.5, 0.6) is 0 Å². The Bertz CT molecular complexity index is 642. The lowest BCUT2D eigenvalue weighted by atomic mass is 9.77. The van der Waals surface area contributed by atoms with Gasteiger partial charge >= 0.3 is 0 Å². The Hall–Kier alpha value is -1.47. The zero-order valence-corrected chi connectivity index (χ0v) is 16.1. The highest BCUT2D eigenvalue weighted by Crippen LogP contribution is 2.40. The monoisotopic (exact) mass is 361 g/mol. The molecule has 3 fully saturated rings. The maximum absolute atomic E-state index is 12.7. The van der Waals surface area contributed by atoms with E-state index in [9.17, 15) is 4.79 Å². The molecule has 4 atom stereocenters. The molecule has 7 heteroatoms. The van der Waals surface area contributed by atoms with E-state index in [2.05, 4.69) is 34.2 Å². The summed E-state index contributed by atoms with van der Waals surface area (Å²) < 4.78 is 6.31. The lowest BCUT2D eigenvalue weighted by molar-refractivity contribution is -0.129. The number of hydrogen-bond donors (Lipinski definition) is 1. The standard InChI is InChI=1S/C19H31N5O2/c1-12-20-18(22-21-12)8-19(25)24-9-14-6-16(23(2)3)17(7-15(14)10-24)26-11-13-4-5-13/h13-17H,4-11H2,1-3H3,(H,20,21,22)/t14-,15+,16-,17-/m1/s1. The van der Waals surface area contributed by atoms with Crippen LogP contribution in [-0.2, 0) is 16.0 Å². The van der Waals surface area contributed by atoms with Crippen LogP contribution in [0.2, 0.25) is 0 Å². The van der Waals surface area contributed by atoms with Crippen LogP contribution in [0.4, 0.5) is 0 Å². The fraction of sp³-hybridized carbons (Fsp3) is 0.842. The van der Waals surface area contributed by atoms with Gasteiger partial charge in [-0.1, -0.05) is 0 Å². The number of rotatable bonds is 6. The summed E-state index contributed by atoms with van der Waals surface area (Å²) in [5, 5.41) is 6.91. The molecule has 2 heterocycles. The Morgan fingerprint density at radius 3 is 2.62 bits per heavy atom. The van der Waals surface area contributed by atoms with E-state index in [4.69, 9.17) is 4.74 Å². The molecule has 1 aromatic heterocycles. The number of carbonyl (C=O) groups excluding carboxylic acids is 1. The third-order valence-electron chi connectivity index (χ3n) is 6.30. The van der Waals surface area contributed by atoms with Crippen molar-refractivity contribution < 1.29 is 9.53 Å². The summed E-state index contributed by atoms with van der Waals surface area (Å²) in [4.78, 5) is 21.3. The molecular weight excluding hydrogens is 330 g/mol. The van der Waals surface area contributed by atoms with Crippen LogP contribution < -0.4 is 0 Å². The molecule has 7 nitrogen and oxygen atoms in total. The summed E-state index contributed by atoms with van der Waals surface area (Å²) >= 11 is 0. The molecule has 0 radical (unpaired) electrons. The predicted octanol–water partition coefficient (Wildman–Crippen LogP) is 1.25. The normalized spacial score (nSPS) is 31.5. The second-order valence-corrected chi connectivity index (χ2v) is 8.65. The van der Waals surface area contributed by atoms with Crippen molar-refractivity contribution in [1.29, 1.82) is 0 Å². The highest BCUT2D eigenvalue weighted by Gasteiger charge is 2.44. The van der Waals surface area contributed by atoms with Gasteiger partial charge in [0.1, 0.15) is 5.82 Å². The minimum absolute atomic E-state index is 0.148. The molecule has 0 aromatic carbocycles. The SMILES string of the molecule is Cc1nc(CC(=O)N2C[C@H]3C[C@@H](N(C)C)[C@H](OCC4CC4)C[C@H]3C2)n[nH]1. The Balaban J connectivity index is 1.36. The van der Waals surface area contributed by atoms with Gasteiger partial charge in [-0.25, -0.2) is 4.98 Å². The van der Waals surface area contributed by atoms with Gasteiger partial charge in [-0.15, -0.1) is 0 Å². The summed E-state index contributed by atoms with van der Waals surface area (Å²) in [6, 6.07) is 0.459. The van der Waals surface area contributed by atoms with E-state index in [1.54, 1.807) is 0 Å². The number of ether oxygens (including phenoxy) is 1. The zero-order chi connectivity index (χ0) is 18.3. The zero-order valence-electron chi connectivity index (χ0n) is 16.1. The number of H-pyrrole nitrogens is 1. The van der Waals surface area contributed by atoms with E-state index >= 15 is 0 Å². The third-order valence-corrected chi connectivity index (χ3v) is 6.30. The van der Waals surface area contributed by atoms with E-state index in [0.717, 1.165) is 44.3 Å². The van der Waals surface area contributed by atoms with Crippen LogP contribution in [0.3, 0.4) is 0 Å². The number of hydrogen-bond acceptors (Lipinski definition) is 5. The molecule has 0 unspecified atom stereocenters. The first-order chi connectivity index (χ1) is 12.5. The molecule has 2 aliphatic carbocycles. The number of aromatic amines is 1. The van der Waals surface area contributed by atoms with Gasteiger partial charge in [-0.3, -0.25) is 9.89 Å². The molecule has 2 saturated carbocycles. The van der Waals surface area contributed by atoms with Crippen molar-refractivity contribution in [1.82, 2.24) is 25.0 Å². The van der Waals surface area contributed by atoms with Gasteiger partial charge in [-0.2, -0.15) is 5.10 Å². The number of aryl methyl sites for hydroxylation is 1. The van der Waals surface area contributed by atoms with Crippen LogP contribution in [-0.4, -0.2) is 76.8 Å². The van der Waals surface area contributed by atoms with Crippen molar-refractivity contribution in [3.8, 4) is 0 Å². The first-order valence-corrected chi connectivity index (χ1v) is 9.93. The number of likely N-dealkylation sites (tertiary alicyclic amines) is 1. The van der Waals surface area contributed by atoms with Crippen molar-refractivity contribution in [2.75, 3.05) is 33.8 Å². The number of aromatic nitrogens is 3. The quantitative estimate of drug-likeness (QED) is 0.825. The smallest absolute Gasteiger partial charge is 0.230 e. The van der Waals surface area contributed by atoms with Gasteiger partial charge in [0.15, 0.2) is 5.82 Å². The molecule has 0 spiro atoms. The number of amides is 1. The summed E-state index contributed by atoms with van der Waals surface area (Å²) in [6.07, 6.45) is 5.45. The predicted molar refractivity (Wildman–Crippen MR) is 97.6 cm³/mol. The van der Waals surface area contributed by atoms with E-state index in [0.29, 0.717) is 36.2 Å². The molecule has 144 valence electrons. The first kappa shape index (κ1) is 17.9. The van der Waals surface area contributed by atoms with Crippen LogP contribution >= 0.6 is 0 Å². The molecule has 1 aliphatic heterocycles. The molecular formula is C19H31N5O2. The summed E-state index contributed by atoms with van der Waals surface area (Å²) in [5.41, 5.74) is 0. The fourth-order valence-corrected chi connectivity index (χ4v) is 4.58. The van der Waals surface area contributed by atoms with Crippen molar-refractivity contribution in [3.63, 3.8) is 0 Å². The topological polar surface area (TPSA) is 74.3 Å². The Morgan fingerprint density at radius 1 is 1.27 bits per heavy atom. The maximum Gasteiger partial charge on any atom is 0.230 e. The highest BCUT2D eigenvalue weighted by molar-refractivity contribution is 5.78. The van der Waals surface area contributed by atoms with Crippen LogP contribution in [0.25, 0.3) is 0 Å². The Labute approximate surface area is 155 Å². The largest absolute Gasteiger partial charge is 0.376 e. The summed E-state index contributed by atoms with van der Waals surface area (Å²) in [5.74, 6) is 3.44. The van der Waals surface area contributed by atoms with Gasteiger partial charge in [0.2, 0.25) is 5.91 Å². The van der Waals surface area contributed by atoms with Crippen LogP contribution in [0.1, 0.15) is 37.3 Å². The molecule has 26 heavy (non-hydrogen) atoms. The molecule has 3 aliphatic rings. The second-order valence-electron chi connectivity index (χ2n) is 8.65. The minimum atomic E-state index is 0.148.